The fourth-order valence-electron chi connectivity index (χ4n) is 1.70. The summed E-state index contributed by atoms with van der Waals surface area (Å²) in [5, 5.41) is 21.7. The summed E-state index contributed by atoms with van der Waals surface area (Å²) in [6.45, 7) is 0. The van der Waals surface area contributed by atoms with Gasteiger partial charge >= 0.3 is 0 Å². The van der Waals surface area contributed by atoms with Gasteiger partial charge in [0, 0.05) is 6.07 Å². The predicted octanol–water partition coefficient (Wildman–Crippen LogP) is 2.86. The number of anilines is 1. The van der Waals surface area contributed by atoms with Crippen LogP contribution in [0, 0.1) is 27.3 Å². The number of nitriles is 1. The van der Waals surface area contributed by atoms with Gasteiger partial charge in [-0.3, -0.25) is 14.9 Å². The van der Waals surface area contributed by atoms with Crippen molar-refractivity contribution in [2.75, 3.05) is 5.32 Å². The van der Waals surface area contributed by atoms with E-state index in [9.17, 15) is 19.3 Å². The van der Waals surface area contributed by atoms with Crippen LogP contribution in [0.25, 0.3) is 0 Å². The van der Waals surface area contributed by atoms with Gasteiger partial charge in [0.05, 0.1) is 22.1 Å². The molecule has 0 unspecified atom stereocenters. The van der Waals surface area contributed by atoms with Crippen LogP contribution in [0.4, 0.5) is 15.8 Å². The summed E-state index contributed by atoms with van der Waals surface area (Å²) in [7, 11) is 0. The van der Waals surface area contributed by atoms with E-state index < -0.39 is 16.6 Å². The van der Waals surface area contributed by atoms with Crippen LogP contribution in [0.1, 0.15) is 15.9 Å². The van der Waals surface area contributed by atoms with Gasteiger partial charge in [-0.1, -0.05) is 12.1 Å². The highest BCUT2D eigenvalue weighted by atomic mass is 19.1. The molecule has 0 fully saturated rings. The Kier molecular flexibility index (Phi) is 3.90. The summed E-state index contributed by atoms with van der Waals surface area (Å²) in [6, 6.07) is 10.6. The molecular formula is C14H8FN3O3. The molecule has 7 heteroatoms. The summed E-state index contributed by atoms with van der Waals surface area (Å²) in [4.78, 5) is 22.1. The number of halogens is 1. The molecule has 21 heavy (non-hydrogen) atoms. The van der Waals surface area contributed by atoms with Crippen LogP contribution >= 0.6 is 0 Å². The van der Waals surface area contributed by atoms with E-state index in [1.54, 1.807) is 6.07 Å². The Bertz CT molecular complexity index is 768. The molecule has 0 radical (unpaired) electrons. The second kappa shape index (κ2) is 5.79. The maximum Gasteiger partial charge on any atom is 0.292 e. The van der Waals surface area contributed by atoms with Gasteiger partial charge in [-0.2, -0.15) is 5.26 Å². The van der Waals surface area contributed by atoms with Gasteiger partial charge in [-0.25, -0.2) is 4.39 Å². The Hall–Kier alpha value is -3.27. The topological polar surface area (TPSA) is 96.0 Å². The zero-order chi connectivity index (χ0) is 15.4. The number of nitrogens with zero attached hydrogens (tertiary/aromatic N) is 2. The molecule has 0 heterocycles. The first-order valence-electron chi connectivity index (χ1n) is 5.77. The van der Waals surface area contributed by atoms with Crippen LogP contribution in [0.15, 0.2) is 42.5 Å². The van der Waals surface area contributed by atoms with Crippen LogP contribution in [0.2, 0.25) is 0 Å². The van der Waals surface area contributed by atoms with E-state index in [-0.39, 0.29) is 22.5 Å². The smallest absolute Gasteiger partial charge is 0.292 e. The van der Waals surface area contributed by atoms with E-state index in [1.165, 1.54) is 30.3 Å². The van der Waals surface area contributed by atoms with Gasteiger partial charge in [0.15, 0.2) is 0 Å². The average Bonchev–Trinajstić information content (AvgIpc) is 2.47. The molecule has 0 atom stereocenters. The highest BCUT2D eigenvalue weighted by molar-refractivity contribution is 6.05. The highest BCUT2D eigenvalue weighted by Crippen LogP contribution is 2.24. The zero-order valence-electron chi connectivity index (χ0n) is 10.5. The molecule has 0 saturated heterocycles. The molecule has 0 aliphatic carbocycles. The second-order valence-corrected chi connectivity index (χ2v) is 4.03. The number of amides is 1. The molecule has 1 amide bonds. The SMILES string of the molecule is N#Cc1ccc(C(=O)Nc2ccccc2[N+](=O)[O-])c(F)c1. The molecular weight excluding hydrogens is 277 g/mol. The molecule has 0 spiro atoms. The standard InChI is InChI=1S/C14H8FN3O3/c15-11-7-9(8-16)5-6-10(11)14(19)17-12-3-1-2-4-13(12)18(20)21/h1-7H,(H,17,19). The molecule has 2 rings (SSSR count). The first-order valence-corrected chi connectivity index (χ1v) is 5.77. The quantitative estimate of drug-likeness (QED) is 0.692. The second-order valence-electron chi connectivity index (χ2n) is 4.03. The summed E-state index contributed by atoms with van der Waals surface area (Å²) in [6.07, 6.45) is 0. The molecule has 0 aliphatic rings. The molecule has 0 aromatic heterocycles. The van der Waals surface area contributed by atoms with Gasteiger partial charge in [0.25, 0.3) is 11.6 Å². The van der Waals surface area contributed by atoms with E-state index in [2.05, 4.69) is 5.32 Å². The van der Waals surface area contributed by atoms with Gasteiger partial charge < -0.3 is 5.32 Å². The lowest BCUT2D eigenvalue weighted by Crippen LogP contribution is -2.14. The number of nitrogens with one attached hydrogen (secondary N) is 1. The van der Waals surface area contributed by atoms with Crippen LogP contribution < -0.4 is 5.32 Å². The van der Waals surface area contributed by atoms with Crippen molar-refractivity contribution in [3.05, 3.63) is 69.5 Å². The minimum atomic E-state index is -0.870. The third kappa shape index (κ3) is 3.01. The third-order valence-electron chi connectivity index (χ3n) is 2.69. The summed E-state index contributed by atoms with van der Waals surface area (Å²) in [5.41, 5.74) is -0.543. The van der Waals surface area contributed by atoms with Crippen LogP contribution in [-0.4, -0.2) is 10.8 Å². The van der Waals surface area contributed by atoms with Crippen LogP contribution in [0.3, 0.4) is 0 Å². The number of hydrogen-bond donors (Lipinski definition) is 1. The minimum absolute atomic E-state index is 0.0312. The highest BCUT2D eigenvalue weighted by Gasteiger charge is 2.18. The van der Waals surface area contributed by atoms with E-state index in [0.717, 1.165) is 12.1 Å². The van der Waals surface area contributed by atoms with E-state index in [1.807, 2.05) is 0 Å². The normalized spacial score (nSPS) is 9.71. The molecule has 0 bridgehead atoms. The van der Waals surface area contributed by atoms with Crippen molar-refractivity contribution in [2.45, 2.75) is 0 Å². The van der Waals surface area contributed by atoms with Gasteiger partial charge in [0.2, 0.25) is 0 Å². The van der Waals surface area contributed by atoms with Crippen molar-refractivity contribution >= 4 is 17.3 Å². The number of rotatable bonds is 3. The molecule has 1 N–H and O–H groups in total. The maximum absolute atomic E-state index is 13.7. The number of nitro groups is 1. The third-order valence-corrected chi connectivity index (χ3v) is 2.69. The molecule has 2 aromatic rings. The monoisotopic (exact) mass is 285 g/mol. The number of nitro benzene ring substituents is 1. The lowest BCUT2D eigenvalue weighted by Gasteiger charge is -2.06. The van der Waals surface area contributed by atoms with Crippen molar-refractivity contribution in [1.82, 2.24) is 0 Å². The largest absolute Gasteiger partial charge is 0.316 e. The number of para-hydroxylation sites is 2. The number of carbonyl (C=O) groups is 1. The van der Waals surface area contributed by atoms with E-state index in [4.69, 9.17) is 5.26 Å². The van der Waals surface area contributed by atoms with Crippen molar-refractivity contribution in [3.8, 4) is 6.07 Å². The fraction of sp³-hybridized carbons (Fsp3) is 0. The Morgan fingerprint density at radius 2 is 2.00 bits per heavy atom. The molecule has 6 nitrogen and oxygen atoms in total. The summed E-state index contributed by atoms with van der Waals surface area (Å²) < 4.78 is 13.7. The Labute approximate surface area is 118 Å². The minimum Gasteiger partial charge on any atom is -0.316 e. The summed E-state index contributed by atoms with van der Waals surface area (Å²) in [5.74, 6) is -1.70. The maximum atomic E-state index is 13.7. The van der Waals surface area contributed by atoms with Gasteiger partial charge in [-0.05, 0) is 24.3 Å². The van der Waals surface area contributed by atoms with Crippen molar-refractivity contribution in [2.24, 2.45) is 0 Å². The van der Waals surface area contributed by atoms with Crippen molar-refractivity contribution in [1.29, 1.82) is 5.26 Å². The number of hydrogen-bond acceptors (Lipinski definition) is 4. The van der Waals surface area contributed by atoms with E-state index >= 15 is 0 Å². The zero-order valence-corrected chi connectivity index (χ0v) is 10.5. The Morgan fingerprint density at radius 1 is 1.29 bits per heavy atom. The molecule has 0 saturated carbocycles. The lowest BCUT2D eigenvalue weighted by molar-refractivity contribution is -0.383. The van der Waals surface area contributed by atoms with Crippen molar-refractivity contribution < 1.29 is 14.1 Å². The fourth-order valence-corrected chi connectivity index (χ4v) is 1.70. The summed E-state index contributed by atoms with van der Waals surface area (Å²) >= 11 is 0. The van der Waals surface area contributed by atoms with Gasteiger partial charge in [0.1, 0.15) is 11.5 Å². The van der Waals surface area contributed by atoms with Crippen LogP contribution in [-0.2, 0) is 0 Å². The van der Waals surface area contributed by atoms with E-state index in [0.29, 0.717) is 0 Å². The number of carbonyl (C=O) groups excluding carboxylic acids is 1. The van der Waals surface area contributed by atoms with Gasteiger partial charge in [-0.15, -0.1) is 0 Å². The lowest BCUT2D eigenvalue weighted by atomic mass is 10.1. The Morgan fingerprint density at radius 3 is 2.62 bits per heavy atom. The van der Waals surface area contributed by atoms with Crippen LogP contribution in [0.5, 0.6) is 0 Å². The predicted molar refractivity (Wildman–Crippen MR) is 72.2 cm³/mol. The molecule has 0 aliphatic heterocycles. The molecule has 104 valence electrons. The average molecular weight is 285 g/mol. The Balaban J connectivity index is 2.31. The first-order chi connectivity index (χ1) is 10.0. The molecule has 2 aromatic carbocycles. The van der Waals surface area contributed by atoms with Crippen molar-refractivity contribution in [3.63, 3.8) is 0 Å². The number of benzene rings is 2. The first kappa shape index (κ1) is 14.1.